The predicted molar refractivity (Wildman–Crippen MR) is 103 cm³/mol. The SMILES string of the molecule is O=C(c1ccc2c(c1)C1C=CCC1C(c1ccccc1)O2)N1CCOCC1. The molecule has 4 nitrogen and oxygen atoms in total. The molecule has 3 atom stereocenters. The van der Waals surface area contributed by atoms with Gasteiger partial charge in [0, 0.05) is 36.1 Å². The fraction of sp³-hybridized carbons (Fsp3) is 0.348. The number of morpholine rings is 1. The van der Waals surface area contributed by atoms with Gasteiger partial charge in [0.2, 0.25) is 0 Å². The minimum absolute atomic E-state index is 0.0551. The molecular formula is C23H23NO3. The Kier molecular flexibility index (Phi) is 4.21. The molecule has 2 aromatic carbocycles. The molecule has 5 rings (SSSR count). The highest BCUT2D eigenvalue weighted by atomic mass is 16.5. The van der Waals surface area contributed by atoms with E-state index in [-0.39, 0.29) is 12.0 Å². The second kappa shape index (κ2) is 6.86. The van der Waals surface area contributed by atoms with E-state index in [1.165, 1.54) is 5.56 Å². The fourth-order valence-corrected chi connectivity index (χ4v) is 4.50. The molecule has 1 amide bonds. The van der Waals surface area contributed by atoms with Crippen LogP contribution in [-0.4, -0.2) is 37.1 Å². The van der Waals surface area contributed by atoms with Crippen molar-refractivity contribution < 1.29 is 14.3 Å². The minimum atomic E-state index is 0.0551. The molecule has 0 aromatic heterocycles. The quantitative estimate of drug-likeness (QED) is 0.760. The zero-order valence-corrected chi connectivity index (χ0v) is 15.2. The third-order valence-corrected chi connectivity index (χ3v) is 5.90. The van der Waals surface area contributed by atoms with Crippen LogP contribution < -0.4 is 4.74 Å². The number of fused-ring (bicyclic) bond motifs is 3. The Morgan fingerprint density at radius 2 is 1.85 bits per heavy atom. The topological polar surface area (TPSA) is 38.8 Å². The highest BCUT2D eigenvalue weighted by Crippen LogP contribution is 2.51. The van der Waals surface area contributed by atoms with Crippen LogP contribution in [-0.2, 0) is 4.74 Å². The molecular weight excluding hydrogens is 338 g/mol. The van der Waals surface area contributed by atoms with E-state index in [9.17, 15) is 4.79 Å². The predicted octanol–water partition coefficient (Wildman–Crippen LogP) is 3.95. The molecule has 4 heteroatoms. The van der Waals surface area contributed by atoms with Crippen LogP contribution in [0.1, 0.15) is 39.9 Å². The lowest BCUT2D eigenvalue weighted by molar-refractivity contribution is 0.0302. The average Bonchev–Trinajstić information content (AvgIpc) is 3.24. The van der Waals surface area contributed by atoms with E-state index < -0.39 is 0 Å². The summed E-state index contributed by atoms with van der Waals surface area (Å²) in [5.74, 6) is 1.67. The highest BCUT2D eigenvalue weighted by Gasteiger charge is 2.40. The van der Waals surface area contributed by atoms with Crippen molar-refractivity contribution in [2.24, 2.45) is 5.92 Å². The first-order valence-electron chi connectivity index (χ1n) is 9.70. The van der Waals surface area contributed by atoms with Crippen LogP contribution in [0.5, 0.6) is 5.75 Å². The zero-order valence-electron chi connectivity index (χ0n) is 15.2. The average molecular weight is 361 g/mol. The van der Waals surface area contributed by atoms with Crippen molar-refractivity contribution in [3.8, 4) is 5.75 Å². The summed E-state index contributed by atoms with van der Waals surface area (Å²) < 4.78 is 11.8. The number of allylic oxidation sites excluding steroid dienone is 2. The summed E-state index contributed by atoms with van der Waals surface area (Å²) in [6.07, 6.45) is 5.59. The van der Waals surface area contributed by atoms with E-state index in [0.717, 1.165) is 23.3 Å². The van der Waals surface area contributed by atoms with Crippen LogP contribution in [0.15, 0.2) is 60.7 Å². The number of hydrogen-bond acceptors (Lipinski definition) is 3. The minimum Gasteiger partial charge on any atom is -0.485 e. The van der Waals surface area contributed by atoms with Gasteiger partial charge in [0.1, 0.15) is 11.9 Å². The van der Waals surface area contributed by atoms with Gasteiger partial charge in [-0.3, -0.25) is 4.79 Å². The number of carbonyl (C=O) groups excluding carboxylic acids is 1. The molecule has 2 heterocycles. The standard InChI is InChI=1S/C23H23NO3/c25-23(24-11-13-26-14-12-24)17-9-10-21-20(15-17)18-7-4-8-19(18)22(27-21)16-5-2-1-3-6-16/h1-7,9-10,15,18-19,22H,8,11-14H2. The van der Waals surface area contributed by atoms with Gasteiger partial charge in [-0.25, -0.2) is 0 Å². The lowest BCUT2D eigenvalue weighted by Crippen LogP contribution is -2.40. The summed E-state index contributed by atoms with van der Waals surface area (Å²) in [6.45, 7) is 2.56. The number of ether oxygens (including phenoxy) is 2. The first-order chi connectivity index (χ1) is 13.3. The Balaban J connectivity index is 1.47. The summed E-state index contributed by atoms with van der Waals surface area (Å²) in [5, 5.41) is 0. The van der Waals surface area contributed by atoms with E-state index >= 15 is 0 Å². The molecule has 0 saturated carbocycles. The second-order valence-corrected chi connectivity index (χ2v) is 7.46. The summed E-state index contributed by atoms with van der Waals surface area (Å²) in [5.41, 5.74) is 3.10. The molecule has 0 radical (unpaired) electrons. The highest BCUT2D eigenvalue weighted by molar-refractivity contribution is 5.94. The Morgan fingerprint density at radius 1 is 1.04 bits per heavy atom. The van der Waals surface area contributed by atoms with Gasteiger partial charge in [-0.05, 0) is 30.2 Å². The van der Waals surface area contributed by atoms with E-state index in [0.29, 0.717) is 38.1 Å². The lowest BCUT2D eigenvalue weighted by atomic mass is 9.79. The van der Waals surface area contributed by atoms with E-state index in [2.05, 4.69) is 36.4 Å². The molecule has 3 unspecified atom stereocenters. The lowest BCUT2D eigenvalue weighted by Gasteiger charge is -2.36. The third-order valence-electron chi connectivity index (χ3n) is 5.90. The van der Waals surface area contributed by atoms with Crippen LogP contribution in [0, 0.1) is 5.92 Å². The van der Waals surface area contributed by atoms with Crippen LogP contribution in [0.3, 0.4) is 0 Å². The smallest absolute Gasteiger partial charge is 0.254 e. The molecule has 27 heavy (non-hydrogen) atoms. The Hall–Kier alpha value is -2.59. The van der Waals surface area contributed by atoms with Crippen LogP contribution in [0.4, 0.5) is 0 Å². The van der Waals surface area contributed by atoms with Gasteiger partial charge in [-0.2, -0.15) is 0 Å². The number of benzene rings is 2. The number of rotatable bonds is 2. The maximum atomic E-state index is 12.9. The zero-order chi connectivity index (χ0) is 18.2. The Morgan fingerprint density at radius 3 is 2.67 bits per heavy atom. The largest absolute Gasteiger partial charge is 0.485 e. The van der Waals surface area contributed by atoms with Gasteiger partial charge in [0.25, 0.3) is 5.91 Å². The first-order valence-corrected chi connectivity index (χ1v) is 9.70. The molecule has 1 fully saturated rings. The normalized spacial score (nSPS) is 26.2. The van der Waals surface area contributed by atoms with Gasteiger partial charge >= 0.3 is 0 Å². The van der Waals surface area contributed by atoms with Gasteiger partial charge in [-0.1, -0.05) is 42.5 Å². The molecule has 0 spiro atoms. The van der Waals surface area contributed by atoms with Crippen molar-refractivity contribution >= 4 is 5.91 Å². The van der Waals surface area contributed by atoms with Crippen molar-refractivity contribution in [1.82, 2.24) is 4.90 Å². The summed E-state index contributed by atoms with van der Waals surface area (Å²) in [4.78, 5) is 14.8. The van der Waals surface area contributed by atoms with E-state index in [1.54, 1.807) is 0 Å². The summed E-state index contributed by atoms with van der Waals surface area (Å²) >= 11 is 0. The van der Waals surface area contributed by atoms with Crippen LogP contribution >= 0.6 is 0 Å². The molecule has 0 N–H and O–H groups in total. The van der Waals surface area contributed by atoms with Gasteiger partial charge in [0.05, 0.1) is 13.2 Å². The molecule has 1 saturated heterocycles. The fourth-order valence-electron chi connectivity index (χ4n) is 4.50. The first kappa shape index (κ1) is 16.6. The van der Waals surface area contributed by atoms with Crippen molar-refractivity contribution in [3.63, 3.8) is 0 Å². The number of hydrogen-bond donors (Lipinski definition) is 0. The van der Waals surface area contributed by atoms with Gasteiger partial charge < -0.3 is 14.4 Å². The molecule has 1 aliphatic carbocycles. The van der Waals surface area contributed by atoms with Crippen molar-refractivity contribution in [3.05, 3.63) is 77.4 Å². The maximum absolute atomic E-state index is 12.9. The second-order valence-electron chi connectivity index (χ2n) is 7.46. The van der Waals surface area contributed by atoms with Gasteiger partial charge in [0.15, 0.2) is 0 Å². The van der Waals surface area contributed by atoms with E-state index in [4.69, 9.17) is 9.47 Å². The Bertz CT molecular complexity index is 870. The van der Waals surface area contributed by atoms with Crippen molar-refractivity contribution in [2.75, 3.05) is 26.3 Å². The van der Waals surface area contributed by atoms with Crippen molar-refractivity contribution in [2.45, 2.75) is 18.4 Å². The van der Waals surface area contributed by atoms with Crippen LogP contribution in [0.25, 0.3) is 0 Å². The third kappa shape index (κ3) is 2.94. The van der Waals surface area contributed by atoms with Gasteiger partial charge in [-0.15, -0.1) is 0 Å². The maximum Gasteiger partial charge on any atom is 0.254 e. The molecule has 3 aliphatic rings. The summed E-state index contributed by atoms with van der Waals surface area (Å²) in [7, 11) is 0. The monoisotopic (exact) mass is 361 g/mol. The number of amides is 1. The number of nitrogens with zero attached hydrogens (tertiary/aromatic N) is 1. The van der Waals surface area contributed by atoms with Crippen LogP contribution in [0.2, 0.25) is 0 Å². The summed E-state index contributed by atoms with van der Waals surface area (Å²) in [6, 6.07) is 16.4. The number of carbonyl (C=O) groups is 1. The molecule has 2 aromatic rings. The van der Waals surface area contributed by atoms with Crippen molar-refractivity contribution in [1.29, 1.82) is 0 Å². The molecule has 2 aliphatic heterocycles. The molecule has 0 bridgehead atoms. The molecule has 138 valence electrons. The Labute approximate surface area is 159 Å². The van der Waals surface area contributed by atoms with E-state index in [1.807, 2.05) is 29.2 Å².